The summed E-state index contributed by atoms with van der Waals surface area (Å²) in [6.45, 7) is 0.606. The van der Waals surface area contributed by atoms with Crippen molar-refractivity contribution in [2.45, 2.75) is 25.4 Å². The quantitative estimate of drug-likeness (QED) is 0.819. The fraction of sp³-hybridized carbons (Fsp3) is 0.538. The van der Waals surface area contributed by atoms with Crippen molar-refractivity contribution in [3.8, 4) is 17.2 Å². The van der Waals surface area contributed by atoms with Gasteiger partial charge in [-0.3, -0.25) is 0 Å². The number of methoxy groups -OCH3 is 2. The molecule has 1 aliphatic carbocycles. The molecule has 94 valence electrons. The van der Waals surface area contributed by atoms with Crippen LogP contribution in [0.15, 0.2) is 12.1 Å². The van der Waals surface area contributed by atoms with Crippen LogP contribution in [-0.2, 0) is 6.42 Å². The van der Waals surface area contributed by atoms with E-state index in [9.17, 15) is 0 Å². The second kappa shape index (κ2) is 5.27. The normalized spacial score (nSPS) is 14.5. The zero-order valence-electron chi connectivity index (χ0n) is 10.4. The van der Waals surface area contributed by atoms with Gasteiger partial charge in [-0.25, -0.2) is 0 Å². The van der Waals surface area contributed by atoms with Gasteiger partial charge in [0, 0.05) is 0 Å². The van der Waals surface area contributed by atoms with Crippen molar-refractivity contribution >= 4 is 0 Å². The van der Waals surface area contributed by atoms with E-state index in [2.05, 4.69) is 0 Å². The highest BCUT2D eigenvalue weighted by atomic mass is 16.5. The average molecular weight is 237 g/mol. The van der Waals surface area contributed by atoms with Crippen LogP contribution in [0.25, 0.3) is 0 Å². The van der Waals surface area contributed by atoms with Gasteiger partial charge in [-0.2, -0.15) is 0 Å². The third-order valence-electron chi connectivity index (χ3n) is 2.76. The highest BCUT2D eigenvalue weighted by Crippen LogP contribution is 2.42. The first-order chi connectivity index (χ1) is 8.28. The maximum atomic E-state index is 5.82. The van der Waals surface area contributed by atoms with Crippen LogP contribution in [0.2, 0.25) is 0 Å². The van der Waals surface area contributed by atoms with Crippen LogP contribution in [0.4, 0.5) is 0 Å². The molecule has 4 nitrogen and oxygen atoms in total. The van der Waals surface area contributed by atoms with Gasteiger partial charge in [0.15, 0.2) is 11.5 Å². The van der Waals surface area contributed by atoms with Crippen LogP contribution in [-0.4, -0.2) is 26.9 Å². The van der Waals surface area contributed by atoms with Gasteiger partial charge in [-0.1, -0.05) is 0 Å². The Kier molecular flexibility index (Phi) is 3.74. The van der Waals surface area contributed by atoms with E-state index < -0.39 is 0 Å². The smallest absolute Gasteiger partial charge is 0.203 e. The molecule has 1 saturated carbocycles. The molecule has 0 amide bonds. The molecule has 2 N–H and O–H groups in total. The molecule has 0 unspecified atom stereocenters. The molecule has 1 aromatic carbocycles. The summed E-state index contributed by atoms with van der Waals surface area (Å²) >= 11 is 0. The van der Waals surface area contributed by atoms with Crippen LogP contribution in [0.1, 0.15) is 18.4 Å². The van der Waals surface area contributed by atoms with Gasteiger partial charge in [-0.05, 0) is 43.5 Å². The summed E-state index contributed by atoms with van der Waals surface area (Å²) in [7, 11) is 3.28. The van der Waals surface area contributed by atoms with Crippen LogP contribution in [0, 0.1) is 0 Å². The predicted octanol–water partition coefficient (Wildman–Crippen LogP) is 1.75. The van der Waals surface area contributed by atoms with Crippen molar-refractivity contribution in [2.24, 2.45) is 5.73 Å². The fourth-order valence-corrected chi connectivity index (χ4v) is 1.71. The zero-order chi connectivity index (χ0) is 12.3. The van der Waals surface area contributed by atoms with Crippen molar-refractivity contribution in [1.82, 2.24) is 0 Å². The summed E-state index contributed by atoms with van der Waals surface area (Å²) in [6.07, 6.45) is 3.34. The SMILES string of the molecule is COc1cc(CCN)cc(OC)c1OC1CC1. The Bertz CT molecular complexity index is 363. The molecule has 0 radical (unpaired) electrons. The Morgan fingerprint density at radius 2 is 1.76 bits per heavy atom. The molecule has 0 aliphatic heterocycles. The molecule has 0 spiro atoms. The number of nitrogens with two attached hydrogens (primary N) is 1. The predicted molar refractivity (Wildman–Crippen MR) is 66.0 cm³/mol. The first-order valence-electron chi connectivity index (χ1n) is 5.90. The zero-order valence-corrected chi connectivity index (χ0v) is 10.4. The highest BCUT2D eigenvalue weighted by molar-refractivity contribution is 5.54. The van der Waals surface area contributed by atoms with Crippen molar-refractivity contribution in [3.05, 3.63) is 17.7 Å². The van der Waals surface area contributed by atoms with Gasteiger partial charge in [0.25, 0.3) is 0 Å². The van der Waals surface area contributed by atoms with E-state index in [1.54, 1.807) is 14.2 Å². The lowest BCUT2D eigenvalue weighted by molar-refractivity contribution is 0.263. The minimum Gasteiger partial charge on any atom is -0.493 e. The molecule has 1 aliphatic rings. The minimum absolute atomic E-state index is 0.318. The molecular weight excluding hydrogens is 218 g/mol. The van der Waals surface area contributed by atoms with Crippen LogP contribution >= 0.6 is 0 Å². The van der Waals surface area contributed by atoms with Crippen molar-refractivity contribution < 1.29 is 14.2 Å². The Labute approximate surface area is 102 Å². The van der Waals surface area contributed by atoms with E-state index in [0.29, 0.717) is 18.4 Å². The maximum Gasteiger partial charge on any atom is 0.203 e. The van der Waals surface area contributed by atoms with Gasteiger partial charge in [0.05, 0.1) is 20.3 Å². The van der Waals surface area contributed by atoms with Gasteiger partial charge in [0.1, 0.15) is 0 Å². The Hall–Kier alpha value is -1.42. The second-order valence-corrected chi connectivity index (χ2v) is 4.19. The van der Waals surface area contributed by atoms with Crippen molar-refractivity contribution in [1.29, 1.82) is 0 Å². The summed E-state index contributed by atoms with van der Waals surface area (Å²) in [5.41, 5.74) is 6.66. The number of hydrogen-bond acceptors (Lipinski definition) is 4. The summed E-state index contributed by atoms with van der Waals surface area (Å²) in [5.74, 6) is 2.15. The van der Waals surface area contributed by atoms with Crippen LogP contribution in [0.5, 0.6) is 17.2 Å². The Morgan fingerprint density at radius 1 is 1.18 bits per heavy atom. The van der Waals surface area contributed by atoms with E-state index in [0.717, 1.165) is 36.3 Å². The largest absolute Gasteiger partial charge is 0.493 e. The summed E-state index contributed by atoms with van der Waals surface area (Å²) in [6, 6.07) is 3.93. The van der Waals surface area contributed by atoms with Crippen LogP contribution in [0.3, 0.4) is 0 Å². The lowest BCUT2D eigenvalue weighted by Crippen LogP contribution is -2.05. The van der Waals surface area contributed by atoms with E-state index in [4.69, 9.17) is 19.9 Å². The molecule has 0 atom stereocenters. The number of ether oxygens (including phenoxy) is 3. The Balaban J connectivity index is 2.32. The van der Waals surface area contributed by atoms with E-state index in [1.165, 1.54) is 0 Å². The Morgan fingerprint density at radius 3 is 2.18 bits per heavy atom. The summed E-state index contributed by atoms with van der Waals surface area (Å²) < 4.78 is 16.5. The standard InChI is InChI=1S/C13H19NO3/c1-15-11-7-9(5-6-14)8-12(16-2)13(11)17-10-3-4-10/h7-8,10H,3-6,14H2,1-2H3. The highest BCUT2D eigenvalue weighted by Gasteiger charge is 2.27. The molecule has 17 heavy (non-hydrogen) atoms. The monoisotopic (exact) mass is 237 g/mol. The maximum absolute atomic E-state index is 5.82. The number of benzene rings is 1. The third-order valence-corrected chi connectivity index (χ3v) is 2.76. The average Bonchev–Trinajstić information content (AvgIpc) is 3.14. The molecular formula is C13H19NO3. The number of rotatable bonds is 6. The van der Waals surface area contributed by atoms with Crippen LogP contribution < -0.4 is 19.9 Å². The number of hydrogen-bond donors (Lipinski definition) is 1. The third kappa shape index (κ3) is 2.82. The molecule has 0 heterocycles. The molecule has 0 bridgehead atoms. The molecule has 2 rings (SSSR count). The first-order valence-corrected chi connectivity index (χ1v) is 5.90. The van der Waals surface area contributed by atoms with E-state index >= 15 is 0 Å². The van der Waals surface area contributed by atoms with Gasteiger partial charge < -0.3 is 19.9 Å². The van der Waals surface area contributed by atoms with E-state index in [1.807, 2.05) is 12.1 Å². The summed E-state index contributed by atoms with van der Waals surface area (Å²) in [5, 5.41) is 0. The van der Waals surface area contributed by atoms with Crippen molar-refractivity contribution in [3.63, 3.8) is 0 Å². The van der Waals surface area contributed by atoms with Gasteiger partial charge in [0.2, 0.25) is 5.75 Å². The fourth-order valence-electron chi connectivity index (χ4n) is 1.71. The van der Waals surface area contributed by atoms with Gasteiger partial charge in [-0.15, -0.1) is 0 Å². The molecule has 0 aromatic heterocycles. The van der Waals surface area contributed by atoms with E-state index in [-0.39, 0.29) is 0 Å². The topological polar surface area (TPSA) is 53.7 Å². The molecule has 1 aromatic rings. The second-order valence-electron chi connectivity index (χ2n) is 4.19. The lowest BCUT2D eigenvalue weighted by atomic mass is 10.1. The lowest BCUT2D eigenvalue weighted by Gasteiger charge is -2.15. The summed E-state index contributed by atoms with van der Waals surface area (Å²) in [4.78, 5) is 0. The molecule has 4 heteroatoms. The van der Waals surface area contributed by atoms with Gasteiger partial charge >= 0.3 is 0 Å². The molecule has 1 fully saturated rings. The van der Waals surface area contributed by atoms with Crippen molar-refractivity contribution in [2.75, 3.05) is 20.8 Å². The minimum atomic E-state index is 0.318. The first kappa shape index (κ1) is 12.0. The molecule has 0 saturated heterocycles.